The van der Waals surface area contributed by atoms with E-state index in [9.17, 15) is 0 Å². The molecular formula is C20H23N5O2. The van der Waals surface area contributed by atoms with Gasteiger partial charge >= 0.3 is 0 Å². The van der Waals surface area contributed by atoms with Gasteiger partial charge in [0.15, 0.2) is 0 Å². The Bertz CT molecular complexity index is 930. The van der Waals surface area contributed by atoms with Crippen LogP contribution in [0, 0.1) is 0 Å². The van der Waals surface area contributed by atoms with E-state index in [1.807, 2.05) is 37.6 Å². The SMILES string of the molecule is COC12CCC(Oc3ccccn3)CC1N(c1ncnc3[nH]ccc13)CC2. The summed E-state index contributed by atoms with van der Waals surface area (Å²) >= 11 is 0. The number of hydrogen-bond acceptors (Lipinski definition) is 6. The average molecular weight is 365 g/mol. The summed E-state index contributed by atoms with van der Waals surface area (Å²) in [5, 5.41) is 1.05. The molecule has 2 fully saturated rings. The van der Waals surface area contributed by atoms with Crippen molar-refractivity contribution in [3.63, 3.8) is 0 Å². The van der Waals surface area contributed by atoms with E-state index in [2.05, 4.69) is 24.8 Å². The minimum atomic E-state index is -0.141. The van der Waals surface area contributed by atoms with E-state index in [0.29, 0.717) is 5.88 Å². The first-order valence-corrected chi connectivity index (χ1v) is 9.47. The molecule has 7 nitrogen and oxygen atoms in total. The lowest BCUT2D eigenvalue weighted by molar-refractivity contribution is -0.0607. The zero-order valence-electron chi connectivity index (χ0n) is 15.3. The van der Waals surface area contributed by atoms with Crippen molar-refractivity contribution in [2.75, 3.05) is 18.6 Å². The standard InChI is InChI=1S/C20H23N5O2/c1-26-20-7-5-14(27-17-4-2-3-9-21-17)12-16(20)25(11-8-20)19-15-6-10-22-18(15)23-13-24-19/h2-4,6,9-10,13-14,16H,5,7-8,11-12H2,1H3,(H,22,23,24). The Balaban J connectivity index is 1.45. The van der Waals surface area contributed by atoms with Crippen molar-refractivity contribution in [2.45, 2.75) is 43.4 Å². The van der Waals surface area contributed by atoms with Gasteiger partial charge in [0, 0.05) is 38.5 Å². The maximum Gasteiger partial charge on any atom is 0.213 e. The number of rotatable bonds is 4. The smallest absolute Gasteiger partial charge is 0.213 e. The Morgan fingerprint density at radius 2 is 2.15 bits per heavy atom. The molecule has 3 aromatic rings. The van der Waals surface area contributed by atoms with Crippen LogP contribution in [0.25, 0.3) is 11.0 Å². The number of aromatic nitrogens is 4. The normalized spacial score (nSPS) is 27.7. The number of hydrogen-bond donors (Lipinski definition) is 1. The molecule has 2 aliphatic rings. The molecule has 0 bridgehead atoms. The highest BCUT2D eigenvalue weighted by Gasteiger charge is 2.52. The van der Waals surface area contributed by atoms with Crippen LogP contribution in [0.4, 0.5) is 5.82 Å². The van der Waals surface area contributed by atoms with Crippen molar-refractivity contribution in [1.82, 2.24) is 19.9 Å². The molecule has 3 unspecified atom stereocenters. The first-order chi connectivity index (χ1) is 13.3. The Hall–Kier alpha value is -2.67. The number of fused-ring (bicyclic) bond motifs is 2. The lowest BCUT2D eigenvalue weighted by Gasteiger charge is -2.43. The maximum absolute atomic E-state index is 6.18. The fraction of sp³-hybridized carbons (Fsp3) is 0.450. The zero-order valence-corrected chi connectivity index (χ0v) is 15.3. The summed E-state index contributed by atoms with van der Waals surface area (Å²) in [5.41, 5.74) is 0.726. The molecule has 1 N–H and O–H groups in total. The van der Waals surface area contributed by atoms with Gasteiger partial charge in [-0.3, -0.25) is 0 Å². The predicted molar refractivity (Wildman–Crippen MR) is 102 cm³/mol. The van der Waals surface area contributed by atoms with Gasteiger partial charge < -0.3 is 19.4 Å². The Morgan fingerprint density at radius 3 is 3.00 bits per heavy atom. The second-order valence-electron chi connectivity index (χ2n) is 7.35. The van der Waals surface area contributed by atoms with Gasteiger partial charge in [0.05, 0.1) is 17.0 Å². The van der Waals surface area contributed by atoms with Gasteiger partial charge in [0.25, 0.3) is 0 Å². The van der Waals surface area contributed by atoms with Crippen LogP contribution in [0.15, 0.2) is 43.0 Å². The molecule has 3 aromatic heterocycles. The summed E-state index contributed by atoms with van der Waals surface area (Å²) in [6.07, 6.45) is 9.27. The number of H-pyrrole nitrogens is 1. The number of nitrogens with one attached hydrogen (secondary N) is 1. The lowest BCUT2D eigenvalue weighted by atomic mass is 9.79. The van der Waals surface area contributed by atoms with Gasteiger partial charge in [-0.2, -0.15) is 0 Å². The summed E-state index contributed by atoms with van der Waals surface area (Å²) < 4.78 is 12.3. The van der Waals surface area contributed by atoms with E-state index in [1.54, 1.807) is 12.5 Å². The second-order valence-corrected chi connectivity index (χ2v) is 7.35. The summed E-state index contributed by atoms with van der Waals surface area (Å²) in [6, 6.07) is 8.04. The average Bonchev–Trinajstić information content (AvgIpc) is 3.33. The molecule has 1 saturated heterocycles. The van der Waals surface area contributed by atoms with Crippen LogP contribution >= 0.6 is 0 Å². The van der Waals surface area contributed by atoms with Gasteiger partial charge in [-0.15, -0.1) is 0 Å². The van der Waals surface area contributed by atoms with Crippen LogP contribution in [0.5, 0.6) is 5.88 Å². The van der Waals surface area contributed by atoms with Crippen LogP contribution in [0.2, 0.25) is 0 Å². The number of pyridine rings is 1. The van der Waals surface area contributed by atoms with E-state index >= 15 is 0 Å². The van der Waals surface area contributed by atoms with Crippen molar-refractivity contribution >= 4 is 16.9 Å². The number of ether oxygens (including phenoxy) is 2. The summed E-state index contributed by atoms with van der Waals surface area (Å²) in [5.74, 6) is 1.66. The van der Waals surface area contributed by atoms with Gasteiger partial charge in [0.1, 0.15) is 23.9 Å². The van der Waals surface area contributed by atoms with Crippen LogP contribution in [-0.4, -0.2) is 51.3 Å². The summed E-state index contributed by atoms with van der Waals surface area (Å²) in [4.78, 5) is 18.8. The first kappa shape index (κ1) is 16.5. The van der Waals surface area contributed by atoms with Crippen molar-refractivity contribution in [3.05, 3.63) is 43.0 Å². The highest BCUT2D eigenvalue weighted by molar-refractivity contribution is 5.87. The zero-order chi connectivity index (χ0) is 18.3. The molecule has 0 radical (unpaired) electrons. The molecule has 140 valence electrons. The van der Waals surface area contributed by atoms with Gasteiger partial charge in [-0.1, -0.05) is 6.07 Å². The number of nitrogens with zero attached hydrogens (tertiary/aromatic N) is 4. The van der Waals surface area contributed by atoms with Crippen LogP contribution in [0.1, 0.15) is 25.7 Å². The molecule has 0 aromatic carbocycles. The minimum absolute atomic E-state index is 0.123. The van der Waals surface area contributed by atoms with Gasteiger partial charge in [-0.25, -0.2) is 15.0 Å². The Labute approximate surface area is 157 Å². The van der Waals surface area contributed by atoms with Crippen molar-refractivity contribution in [3.8, 4) is 5.88 Å². The number of anilines is 1. The van der Waals surface area contributed by atoms with E-state index in [0.717, 1.165) is 49.1 Å². The molecule has 1 aliphatic carbocycles. The van der Waals surface area contributed by atoms with Gasteiger partial charge in [0.2, 0.25) is 5.88 Å². The van der Waals surface area contributed by atoms with Crippen LogP contribution in [-0.2, 0) is 4.74 Å². The van der Waals surface area contributed by atoms with Crippen LogP contribution in [0.3, 0.4) is 0 Å². The molecule has 1 aliphatic heterocycles. The molecule has 7 heteroatoms. The molecule has 0 spiro atoms. The Kier molecular flexibility index (Phi) is 3.97. The fourth-order valence-electron chi connectivity index (χ4n) is 4.70. The quantitative estimate of drug-likeness (QED) is 0.766. The highest BCUT2D eigenvalue weighted by atomic mass is 16.5. The first-order valence-electron chi connectivity index (χ1n) is 9.47. The van der Waals surface area contributed by atoms with Crippen molar-refractivity contribution in [1.29, 1.82) is 0 Å². The molecule has 1 saturated carbocycles. The van der Waals surface area contributed by atoms with Crippen molar-refractivity contribution in [2.24, 2.45) is 0 Å². The molecule has 4 heterocycles. The van der Waals surface area contributed by atoms with Gasteiger partial charge in [-0.05, 0) is 31.4 Å². The van der Waals surface area contributed by atoms with E-state index in [-0.39, 0.29) is 17.7 Å². The number of methoxy groups -OCH3 is 1. The molecule has 5 rings (SSSR count). The van der Waals surface area contributed by atoms with E-state index < -0.39 is 0 Å². The molecular weight excluding hydrogens is 342 g/mol. The fourth-order valence-corrected chi connectivity index (χ4v) is 4.70. The van der Waals surface area contributed by atoms with Crippen LogP contribution < -0.4 is 9.64 Å². The molecule has 27 heavy (non-hydrogen) atoms. The monoisotopic (exact) mass is 365 g/mol. The van der Waals surface area contributed by atoms with E-state index in [4.69, 9.17) is 9.47 Å². The summed E-state index contributed by atoms with van der Waals surface area (Å²) in [7, 11) is 1.84. The molecule has 3 atom stereocenters. The largest absolute Gasteiger partial charge is 0.474 e. The second kappa shape index (κ2) is 6.49. The number of aromatic amines is 1. The Morgan fingerprint density at radius 1 is 1.19 bits per heavy atom. The minimum Gasteiger partial charge on any atom is -0.474 e. The highest BCUT2D eigenvalue weighted by Crippen LogP contribution is 2.45. The lowest BCUT2D eigenvalue weighted by Crippen LogP contribution is -2.52. The van der Waals surface area contributed by atoms with E-state index in [1.165, 1.54) is 0 Å². The summed E-state index contributed by atoms with van der Waals surface area (Å²) in [6.45, 7) is 0.923. The molecule has 0 amide bonds. The van der Waals surface area contributed by atoms with Crippen molar-refractivity contribution < 1.29 is 9.47 Å². The topological polar surface area (TPSA) is 76.2 Å². The third-order valence-corrected chi connectivity index (χ3v) is 6.07. The third-order valence-electron chi connectivity index (χ3n) is 6.07. The predicted octanol–water partition coefficient (Wildman–Crippen LogP) is 2.95. The maximum atomic E-state index is 6.18. The third kappa shape index (κ3) is 2.73.